The van der Waals surface area contributed by atoms with Crippen molar-refractivity contribution < 1.29 is 14.6 Å². The number of ether oxygens (including phenoxy) is 1. The maximum absolute atomic E-state index is 12.0. The van der Waals surface area contributed by atoms with E-state index in [1.165, 1.54) is 7.11 Å². The minimum absolute atomic E-state index is 0.102. The summed E-state index contributed by atoms with van der Waals surface area (Å²) in [5, 5.41) is 12.5. The second-order valence-electron chi connectivity index (χ2n) is 4.69. The normalized spacial score (nSPS) is 16.2. The summed E-state index contributed by atoms with van der Waals surface area (Å²) in [6.07, 6.45) is 1.92. The van der Waals surface area contributed by atoms with Crippen LogP contribution in [0.5, 0.6) is 5.75 Å². The third kappa shape index (κ3) is 2.76. The lowest BCUT2D eigenvalue weighted by atomic mass is 10.1. The van der Waals surface area contributed by atoms with Gasteiger partial charge in [-0.3, -0.25) is 4.79 Å². The van der Waals surface area contributed by atoms with Crippen LogP contribution in [0.1, 0.15) is 23.2 Å². The fourth-order valence-electron chi connectivity index (χ4n) is 1.78. The Morgan fingerprint density at radius 3 is 2.83 bits per heavy atom. The number of carbonyl (C=O) groups is 1. The number of carbonyl (C=O) groups excluding carboxylic acids is 1. The van der Waals surface area contributed by atoms with E-state index >= 15 is 0 Å². The molecule has 1 aromatic rings. The predicted octanol–water partition coefficient (Wildman–Crippen LogP) is 1.85. The molecule has 0 heterocycles. The van der Waals surface area contributed by atoms with E-state index in [4.69, 9.17) is 16.3 Å². The Bertz CT molecular complexity index is 458. The number of aliphatic hydroxyl groups excluding tert-OH is 1. The highest BCUT2D eigenvalue weighted by molar-refractivity contribution is 6.30. The van der Waals surface area contributed by atoms with Gasteiger partial charge in [-0.2, -0.15) is 0 Å². The van der Waals surface area contributed by atoms with E-state index in [1.807, 2.05) is 0 Å². The van der Waals surface area contributed by atoms with Gasteiger partial charge < -0.3 is 15.2 Å². The molecule has 1 saturated carbocycles. The highest BCUT2D eigenvalue weighted by Gasteiger charge is 2.42. The highest BCUT2D eigenvalue weighted by atomic mass is 35.5. The highest BCUT2D eigenvalue weighted by Crippen LogP contribution is 2.44. The van der Waals surface area contributed by atoms with Gasteiger partial charge in [0.15, 0.2) is 0 Å². The molecule has 5 heteroatoms. The van der Waals surface area contributed by atoms with Crippen molar-refractivity contribution >= 4 is 17.5 Å². The van der Waals surface area contributed by atoms with Crippen LogP contribution in [0.25, 0.3) is 0 Å². The van der Waals surface area contributed by atoms with Crippen molar-refractivity contribution in [3.8, 4) is 5.75 Å². The number of hydrogen-bond donors (Lipinski definition) is 2. The fraction of sp³-hybridized carbons (Fsp3) is 0.462. The first-order valence-corrected chi connectivity index (χ1v) is 6.21. The molecule has 2 rings (SSSR count). The van der Waals surface area contributed by atoms with Crippen LogP contribution in [-0.2, 0) is 0 Å². The SMILES string of the molecule is COc1cc(Cl)ccc1C(=O)NCC1(CO)CC1. The van der Waals surface area contributed by atoms with Gasteiger partial charge >= 0.3 is 0 Å². The molecule has 0 aromatic heterocycles. The van der Waals surface area contributed by atoms with Crippen molar-refractivity contribution in [3.05, 3.63) is 28.8 Å². The van der Waals surface area contributed by atoms with Crippen LogP contribution in [0.3, 0.4) is 0 Å². The molecule has 0 saturated heterocycles. The van der Waals surface area contributed by atoms with Crippen molar-refractivity contribution in [3.63, 3.8) is 0 Å². The Labute approximate surface area is 111 Å². The average Bonchev–Trinajstić information content (AvgIpc) is 3.16. The molecule has 2 N–H and O–H groups in total. The van der Waals surface area contributed by atoms with Crippen molar-refractivity contribution in [2.75, 3.05) is 20.3 Å². The third-order valence-electron chi connectivity index (χ3n) is 3.32. The maximum Gasteiger partial charge on any atom is 0.255 e. The molecule has 1 aliphatic rings. The molecule has 98 valence electrons. The van der Waals surface area contributed by atoms with Gasteiger partial charge in [-0.05, 0) is 31.0 Å². The summed E-state index contributed by atoms with van der Waals surface area (Å²) >= 11 is 5.84. The molecule has 0 aliphatic heterocycles. The Morgan fingerprint density at radius 1 is 1.56 bits per heavy atom. The Balaban J connectivity index is 2.04. The smallest absolute Gasteiger partial charge is 0.255 e. The Kier molecular flexibility index (Phi) is 3.78. The largest absolute Gasteiger partial charge is 0.496 e. The van der Waals surface area contributed by atoms with Gasteiger partial charge in [-0.25, -0.2) is 0 Å². The lowest BCUT2D eigenvalue weighted by molar-refractivity contribution is 0.0932. The molecule has 1 aliphatic carbocycles. The molecule has 1 aromatic carbocycles. The first-order valence-electron chi connectivity index (χ1n) is 5.83. The molecule has 18 heavy (non-hydrogen) atoms. The number of hydrogen-bond acceptors (Lipinski definition) is 3. The van der Waals surface area contributed by atoms with Crippen molar-refractivity contribution in [1.82, 2.24) is 5.32 Å². The third-order valence-corrected chi connectivity index (χ3v) is 3.56. The zero-order valence-corrected chi connectivity index (χ0v) is 11.0. The van der Waals surface area contributed by atoms with Crippen molar-refractivity contribution in [2.45, 2.75) is 12.8 Å². The number of nitrogens with one attached hydrogen (secondary N) is 1. The number of aliphatic hydroxyl groups is 1. The van der Waals surface area contributed by atoms with Crippen LogP contribution in [0.15, 0.2) is 18.2 Å². The monoisotopic (exact) mass is 269 g/mol. The molecule has 1 fully saturated rings. The van der Waals surface area contributed by atoms with Gasteiger partial charge in [0.2, 0.25) is 0 Å². The molecule has 0 bridgehead atoms. The van der Waals surface area contributed by atoms with Crippen LogP contribution < -0.4 is 10.1 Å². The number of rotatable bonds is 5. The van der Waals surface area contributed by atoms with E-state index in [-0.39, 0.29) is 17.9 Å². The van der Waals surface area contributed by atoms with E-state index in [2.05, 4.69) is 5.32 Å². The lowest BCUT2D eigenvalue weighted by Crippen LogP contribution is -2.32. The van der Waals surface area contributed by atoms with Gasteiger partial charge in [0, 0.05) is 17.0 Å². The number of benzene rings is 1. The summed E-state index contributed by atoms with van der Waals surface area (Å²) < 4.78 is 5.13. The summed E-state index contributed by atoms with van der Waals surface area (Å²) in [4.78, 5) is 12.0. The zero-order valence-electron chi connectivity index (χ0n) is 10.2. The lowest BCUT2D eigenvalue weighted by Gasteiger charge is -2.14. The van der Waals surface area contributed by atoms with Crippen LogP contribution >= 0.6 is 11.6 Å². The Morgan fingerprint density at radius 2 is 2.28 bits per heavy atom. The van der Waals surface area contributed by atoms with Crippen LogP contribution in [0.4, 0.5) is 0 Å². The summed E-state index contributed by atoms with van der Waals surface area (Å²) in [5.74, 6) is 0.247. The molecule has 0 spiro atoms. The van der Waals surface area contributed by atoms with Crippen molar-refractivity contribution in [1.29, 1.82) is 0 Å². The van der Waals surface area contributed by atoms with E-state index in [0.29, 0.717) is 22.9 Å². The zero-order chi connectivity index (χ0) is 13.2. The topological polar surface area (TPSA) is 58.6 Å². The van der Waals surface area contributed by atoms with E-state index < -0.39 is 0 Å². The first kappa shape index (κ1) is 13.2. The van der Waals surface area contributed by atoms with Gasteiger partial charge in [-0.1, -0.05) is 11.6 Å². The fourth-order valence-corrected chi connectivity index (χ4v) is 1.95. The molecule has 1 amide bonds. The predicted molar refractivity (Wildman–Crippen MR) is 69.1 cm³/mol. The summed E-state index contributed by atoms with van der Waals surface area (Å²) in [6, 6.07) is 4.89. The van der Waals surface area contributed by atoms with Gasteiger partial charge in [-0.15, -0.1) is 0 Å². The van der Waals surface area contributed by atoms with Crippen LogP contribution in [-0.4, -0.2) is 31.3 Å². The molecule has 0 radical (unpaired) electrons. The number of methoxy groups -OCH3 is 1. The minimum atomic E-state index is -0.205. The molecular weight excluding hydrogens is 254 g/mol. The summed E-state index contributed by atoms with van der Waals surface area (Å²) in [5.41, 5.74) is 0.352. The first-order chi connectivity index (χ1) is 8.60. The molecule has 0 atom stereocenters. The molecular formula is C13H16ClNO3. The maximum atomic E-state index is 12.0. The average molecular weight is 270 g/mol. The molecule has 0 unspecified atom stereocenters. The number of amides is 1. The summed E-state index contributed by atoms with van der Waals surface area (Å²) in [6.45, 7) is 0.610. The van der Waals surface area contributed by atoms with Crippen molar-refractivity contribution in [2.24, 2.45) is 5.41 Å². The summed E-state index contributed by atoms with van der Waals surface area (Å²) in [7, 11) is 1.50. The van der Waals surface area contributed by atoms with Gasteiger partial charge in [0.1, 0.15) is 5.75 Å². The van der Waals surface area contributed by atoms with E-state index in [0.717, 1.165) is 12.8 Å². The van der Waals surface area contributed by atoms with Crippen LogP contribution in [0, 0.1) is 5.41 Å². The standard InChI is InChI=1S/C13H16ClNO3/c1-18-11-6-9(14)2-3-10(11)12(17)15-7-13(8-16)4-5-13/h2-3,6,16H,4-5,7-8H2,1H3,(H,15,17). The van der Waals surface area contributed by atoms with Crippen LogP contribution in [0.2, 0.25) is 5.02 Å². The second-order valence-corrected chi connectivity index (χ2v) is 5.12. The van der Waals surface area contributed by atoms with E-state index in [9.17, 15) is 9.90 Å². The molecule has 4 nitrogen and oxygen atoms in total. The van der Waals surface area contributed by atoms with E-state index in [1.54, 1.807) is 18.2 Å². The van der Waals surface area contributed by atoms with Gasteiger partial charge in [0.25, 0.3) is 5.91 Å². The van der Waals surface area contributed by atoms with Gasteiger partial charge in [0.05, 0.1) is 19.3 Å². The number of halogens is 1. The Hall–Kier alpha value is -1.26. The quantitative estimate of drug-likeness (QED) is 0.858. The minimum Gasteiger partial charge on any atom is -0.496 e. The second kappa shape index (κ2) is 5.16.